The lowest BCUT2D eigenvalue weighted by Gasteiger charge is -2.38. The van der Waals surface area contributed by atoms with E-state index in [9.17, 15) is 60.9 Å². The largest absolute Gasteiger partial charge is 0.507 e. The van der Waals surface area contributed by atoms with Gasteiger partial charge in [-0.05, 0) is 96.6 Å². The van der Waals surface area contributed by atoms with E-state index in [2.05, 4.69) is 22.6 Å². The van der Waals surface area contributed by atoms with Crippen LogP contribution in [0.3, 0.4) is 0 Å². The normalized spacial score (nSPS) is 18.3. The molecule has 5 atom stereocenters. The molecule has 0 aliphatic carbocycles. The molecule has 6 aromatic carbocycles. The van der Waals surface area contributed by atoms with Gasteiger partial charge in [-0.15, -0.1) is 11.6 Å². The molecule has 5 heterocycles. The first-order valence-corrected chi connectivity index (χ1v) is 36.7. The number of hydrogen-bond acceptors (Lipinski definition) is 21. The quantitative estimate of drug-likeness (QED) is 0.0164. The number of phenolic OH excluding ortho intramolecular Hbond substituents is 1. The Labute approximate surface area is 611 Å². The van der Waals surface area contributed by atoms with Gasteiger partial charge in [0.2, 0.25) is 26.0 Å². The van der Waals surface area contributed by atoms with Crippen LogP contribution in [0.25, 0.3) is 21.9 Å². The summed E-state index contributed by atoms with van der Waals surface area (Å²) in [6.45, 7) is 7.61. The Morgan fingerprint density at radius 2 is 1.05 bits per heavy atom. The Balaban J connectivity index is 0.000000235. The lowest BCUT2D eigenvalue weighted by atomic mass is 9.93. The van der Waals surface area contributed by atoms with Crippen molar-refractivity contribution >= 4 is 107 Å². The van der Waals surface area contributed by atoms with Gasteiger partial charge in [0.1, 0.15) is 32.2 Å². The number of aliphatic carboxylic acids is 1. The first kappa shape index (κ1) is 77.5. The van der Waals surface area contributed by atoms with Crippen molar-refractivity contribution in [1.29, 1.82) is 0 Å². The van der Waals surface area contributed by atoms with Crippen molar-refractivity contribution in [1.82, 2.24) is 19.2 Å². The van der Waals surface area contributed by atoms with Crippen LogP contribution in [0.5, 0.6) is 28.7 Å². The summed E-state index contributed by atoms with van der Waals surface area (Å²) < 4.78 is 98.1. The molecule has 0 aromatic heterocycles. The molecule has 2 unspecified atom stereocenters. The lowest BCUT2D eigenvalue weighted by molar-refractivity contribution is -0.138. The lowest BCUT2D eigenvalue weighted by Crippen LogP contribution is -2.54. The Kier molecular flexibility index (Phi) is 25.3. The van der Waals surface area contributed by atoms with Crippen LogP contribution in [0.15, 0.2) is 150 Å². The number of nitrogens with zero attached hydrogens (tertiary/aromatic N) is 5. The number of aliphatic hydroxyl groups is 2. The number of aromatic hydroxyl groups is 1. The van der Waals surface area contributed by atoms with Crippen molar-refractivity contribution in [2.45, 2.75) is 65.9 Å². The summed E-state index contributed by atoms with van der Waals surface area (Å²) in [5.41, 5.74) is 4.60. The Bertz CT molecular complexity index is 4600. The highest BCUT2D eigenvalue weighted by atomic mass is 35.5. The van der Waals surface area contributed by atoms with Gasteiger partial charge in [-0.3, -0.25) is 19.2 Å². The van der Waals surface area contributed by atoms with Crippen LogP contribution >= 0.6 is 11.6 Å². The highest BCUT2D eigenvalue weighted by molar-refractivity contribution is 7.89. The summed E-state index contributed by atoms with van der Waals surface area (Å²) in [4.78, 5) is 86.0. The molecule has 0 fully saturated rings. The number of carboxylic acids is 1. The third kappa shape index (κ3) is 16.9. The van der Waals surface area contributed by atoms with Gasteiger partial charge in [-0.1, -0.05) is 86.0 Å². The predicted molar refractivity (Wildman–Crippen MR) is 387 cm³/mol. The number of halogens is 1. The van der Waals surface area contributed by atoms with Crippen LogP contribution in [-0.4, -0.2) is 214 Å². The topological polar surface area (TPSA) is 366 Å². The van der Waals surface area contributed by atoms with Gasteiger partial charge in [0, 0.05) is 55.0 Å². The van der Waals surface area contributed by atoms with Gasteiger partial charge in [-0.25, -0.2) is 45.7 Å². The number of nitrogens with one attached hydrogen (secondary N) is 2. The molecule has 558 valence electrons. The molecule has 0 radical (unpaired) electrons. The second-order valence-electron chi connectivity index (χ2n) is 24.3. The second kappa shape index (κ2) is 34.2. The molecule has 105 heavy (non-hydrogen) atoms. The number of alkyl halides is 1. The first-order chi connectivity index (χ1) is 50.4. The molecule has 0 saturated heterocycles. The van der Waals surface area contributed by atoms with Crippen molar-refractivity contribution in [3.8, 4) is 28.7 Å². The first-order valence-electron chi connectivity index (χ1n) is 33.2. The zero-order chi connectivity index (χ0) is 75.4. The number of aliphatic hydroxyl groups excluding tert-OH is 2. The third-order valence-corrected chi connectivity index (χ3v) is 21.4. The molecule has 0 spiro atoms. The fraction of sp³-hybridized carbons (Fsp3) is 0.342. The number of amides is 5. The van der Waals surface area contributed by atoms with E-state index in [4.69, 9.17) is 54.6 Å². The summed E-state index contributed by atoms with van der Waals surface area (Å²) in [6.07, 6.45) is 1.55. The minimum atomic E-state index is -3.66. The SMILES string of the molecule is C=CCOC(=O)N1c2cc(OCCOCCC(=O)N3C[C@@H](CCl)c4c3cc(O)c3ccccc43)c(OC)cc2C(=O)N2CC=C(c3ccc(S(=O)(=O)NC)cc3)C[C@H]2C1O.C=CCOC(=O)N1c2cc(OCCOCCC(=O)O)c(OC)cc2C(=O)N2CC=C(c3ccc(S(=O)(=O)NC)cc3)C[C@H]2C1O. The van der Waals surface area contributed by atoms with E-state index in [0.29, 0.717) is 34.6 Å². The van der Waals surface area contributed by atoms with Crippen molar-refractivity contribution in [2.75, 3.05) is 121 Å². The van der Waals surface area contributed by atoms with Crippen molar-refractivity contribution in [2.24, 2.45) is 0 Å². The molecular formula is C73H80ClN7O22S2. The molecule has 5 aliphatic heterocycles. The maximum Gasteiger partial charge on any atom is 0.416 e. The molecule has 29 nitrogen and oxygen atoms in total. The van der Waals surface area contributed by atoms with Crippen molar-refractivity contribution < 1.29 is 104 Å². The maximum absolute atomic E-state index is 14.2. The zero-order valence-electron chi connectivity index (χ0n) is 57.8. The summed E-state index contributed by atoms with van der Waals surface area (Å²) in [5, 5.41) is 44.7. The third-order valence-electron chi connectivity index (χ3n) is 18.2. The van der Waals surface area contributed by atoms with E-state index in [1.807, 2.05) is 36.4 Å². The summed E-state index contributed by atoms with van der Waals surface area (Å²) in [6, 6.07) is 25.4. The molecule has 5 aliphatic rings. The highest BCUT2D eigenvalue weighted by Gasteiger charge is 2.47. The van der Waals surface area contributed by atoms with Crippen LogP contribution in [0.1, 0.15) is 69.0 Å². The zero-order valence-corrected chi connectivity index (χ0v) is 60.2. The molecule has 0 saturated carbocycles. The number of ether oxygens (including phenoxy) is 8. The number of benzene rings is 6. The highest BCUT2D eigenvalue weighted by Crippen LogP contribution is 2.47. The Hall–Kier alpha value is -10.1. The number of fused-ring (bicyclic) bond motifs is 7. The van der Waals surface area contributed by atoms with E-state index in [0.717, 1.165) is 31.9 Å². The predicted octanol–water partition coefficient (Wildman–Crippen LogP) is 7.61. The number of carboxylic acid groups (broad SMARTS) is 1. The van der Waals surface area contributed by atoms with Gasteiger partial charge in [0.05, 0.1) is 104 Å². The maximum atomic E-state index is 14.2. The van der Waals surface area contributed by atoms with E-state index < -0.39 is 74.6 Å². The minimum Gasteiger partial charge on any atom is -0.507 e. The monoisotopic (exact) mass is 1510 g/mol. The number of sulfonamides is 2. The molecule has 0 bridgehead atoms. The van der Waals surface area contributed by atoms with E-state index >= 15 is 0 Å². The van der Waals surface area contributed by atoms with Crippen molar-refractivity contribution in [3.05, 3.63) is 168 Å². The number of carbonyl (C=O) groups is 6. The van der Waals surface area contributed by atoms with E-state index in [1.165, 1.54) is 98.8 Å². The van der Waals surface area contributed by atoms with Gasteiger partial charge >= 0.3 is 18.2 Å². The molecule has 6 N–H and O–H groups in total. The average Bonchev–Trinajstić information content (AvgIpc) is 1.63. The van der Waals surface area contributed by atoms with Gasteiger partial charge in [0.15, 0.2) is 35.5 Å². The average molecular weight is 1510 g/mol. The van der Waals surface area contributed by atoms with Gasteiger partial charge < -0.3 is 73.0 Å². The summed E-state index contributed by atoms with van der Waals surface area (Å²) in [7, 11) is -1.87. The fourth-order valence-corrected chi connectivity index (χ4v) is 14.6. The van der Waals surface area contributed by atoms with Gasteiger partial charge in [-0.2, -0.15) is 0 Å². The van der Waals surface area contributed by atoms with Crippen molar-refractivity contribution in [3.63, 3.8) is 0 Å². The number of rotatable bonds is 27. The van der Waals surface area contributed by atoms with E-state index in [1.54, 1.807) is 35.2 Å². The number of phenols is 1. The minimum absolute atomic E-state index is 0.00207. The molecule has 32 heteroatoms. The smallest absolute Gasteiger partial charge is 0.416 e. The number of carbonyl (C=O) groups excluding carboxylic acids is 5. The fourth-order valence-electron chi connectivity index (χ4n) is 12.9. The number of methoxy groups -OCH3 is 2. The van der Waals surface area contributed by atoms with Crippen LogP contribution < -0.4 is 43.1 Å². The van der Waals surface area contributed by atoms with Crippen LogP contribution in [-0.2, 0) is 48.6 Å². The van der Waals surface area contributed by atoms with Crippen LogP contribution in [0.2, 0.25) is 0 Å². The summed E-state index contributed by atoms with van der Waals surface area (Å²) in [5.74, 6) is -1.15. The second-order valence-corrected chi connectivity index (χ2v) is 28.3. The molecule has 11 rings (SSSR count). The Morgan fingerprint density at radius 1 is 0.600 bits per heavy atom. The summed E-state index contributed by atoms with van der Waals surface area (Å²) >= 11 is 6.33. The molecular weight excluding hydrogens is 1430 g/mol. The van der Waals surface area contributed by atoms with Gasteiger partial charge in [0.25, 0.3) is 11.8 Å². The van der Waals surface area contributed by atoms with Crippen LogP contribution in [0.4, 0.5) is 26.7 Å². The Morgan fingerprint density at radius 3 is 1.47 bits per heavy atom. The molecule has 5 amide bonds. The molecule has 6 aromatic rings. The standard InChI is InChI=1S/C43H45ClN4O11S.C30H35N3O11S/c1-4-16-59-43(53)48-33-23-38(58-19-18-57-17-14-39(50)47-25-28(24-44)40-31-8-6-5-7-30(31)36(49)22-34(40)47)37(56-3)21-32(33)41(51)46-15-13-27(20-35(46)42(48)52)26-9-11-29(12-10-26)60(54,55)45-2;1-4-12-44-30(38)33-23-18-26(43-15-14-42-13-10-27(34)35)25(41-3)17-22(23)28(36)32-11-9-20(16-24(32)29(33)37)19-5-7-21(8-6-19)45(39,40)31-2/h4-13,21-23,28,35,42,45,49,52H,1,14-20,24-25H2,2-3H3;4-9,17-18,24,29,31,37H,1,10-16H2,2-3H3,(H,34,35)/t28-,35+,42?;24-,29?/m10/s1. The number of anilines is 3. The van der Waals surface area contributed by atoms with E-state index in [-0.39, 0.29) is 164 Å². The van der Waals surface area contributed by atoms with Crippen LogP contribution in [0, 0.1) is 0 Å². The number of hydrogen-bond donors (Lipinski definition) is 6.